The van der Waals surface area contributed by atoms with Crippen molar-refractivity contribution >= 4 is 46.1 Å². The smallest absolute Gasteiger partial charge is 0.269 e. The van der Waals surface area contributed by atoms with Crippen LogP contribution in [0.5, 0.6) is 0 Å². The van der Waals surface area contributed by atoms with E-state index in [1.165, 1.54) is 12.3 Å². The van der Waals surface area contributed by atoms with E-state index in [-0.39, 0.29) is 15.9 Å². The van der Waals surface area contributed by atoms with Crippen molar-refractivity contribution < 1.29 is 4.92 Å². The monoisotopic (exact) mass is 417 g/mol. The summed E-state index contributed by atoms with van der Waals surface area (Å²) in [7, 11) is 0. The third kappa shape index (κ3) is 5.55. The van der Waals surface area contributed by atoms with E-state index in [4.69, 9.17) is 23.2 Å². The molecule has 1 aromatic heterocycles. The van der Waals surface area contributed by atoms with E-state index >= 15 is 0 Å². The maximum absolute atomic E-state index is 10.8. The molecule has 0 atom stereocenters. The fourth-order valence-corrected chi connectivity index (χ4v) is 2.90. The van der Waals surface area contributed by atoms with Crippen LogP contribution in [0.4, 0.5) is 22.9 Å². The Morgan fingerprint density at radius 2 is 1.86 bits per heavy atom. The van der Waals surface area contributed by atoms with E-state index in [0.717, 1.165) is 36.3 Å². The predicted octanol–water partition coefficient (Wildman–Crippen LogP) is 5.48. The van der Waals surface area contributed by atoms with Crippen molar-refractivity contribution in [3.8, 4) is 0 Å². The average molecular weight is 418 g/mol. The van der Waals surface area contributed by atoms with Gasteiger partial charge in [0, 0.05) is 30.1 Å². The summed E-state index contributed by atoms with van der Waals surface area (Å²) in [6, 6.07) is 14.4. The van der Waals surface area contributed by atoms with Crippen LogP contribution in [-0.4, -0.2) is 21.4 Å². The van der Waals surface area contributed by atoms with E-state index in [2.05, 4.69) is 20.6 Å². The van der Waals surface area contributed by atoms with Crippen molar-refractivity contribution in [2.24, 2.45) is 0 Å². The van der Waals surface area contributed by atoms with Crippen LogP contribution < -0.4 is 10.6 Å². The molecule has 0 fully saturated rings. The summed E-state index contributed by atoms with van der Waals surface area (Å²) in [5, 5.41) is 17.8. The van der Waals surface area contributed by atoms with Crippen LogP contribution in [0.3, 0.4) is 0 Å². The largest absolute Gasteiger partial charge is 0.385 e. The minimum Gasteiger partial charge on any atom is -0.385 e. The van der Waals surface area contributed by atoms with Gasteiger partial charge in [-0.1, -0.05) is 29.8 Å². The molecular formula is C19H17Cl2N5O2. The fraction of sp³-hybridized carbons (Fsp3) is 0.158. The van der Waals surface area contributed by atoms with Crippen LogP contribution in [0.2, 0.25) is 10.3 Å². The van der Waals surface area contributed by atoms with Gasteiger partial charge in [-0.25, -0.2) is 4.98 Å². The number of anilines is 3. The van der Waals surface area contributed by atoms with E-state index in [9.17, 15) is 10.1 Å². The first-order chi connectivity index (χ1) is 13.5. The molecule has 0 radical (unpaired) electrons. The quantitative estimate of drug-likeness (QED) is 0.218. The Balaban J connectivity index is 1.54. The molecule has 0 aliphatic heterocycles. The molecule has 7 nitrogen and oxygen atoms in total. The third-order valence-corrected chi connectivity index (χ3v) is 4.39. The first-order valence-electron chi connectivity index (χ1n) is 8.53. The summed E-state index contributed by atoms with van der Waals surface area (Å²) in [5.41, 5.74) is 2.80. The second-order valence-corrected chi connectivity index (χ2v) is 6.74. The van der Waals surface area contributed by atoms with Crippen molar-refractivity contribution in [3.05, 3.63) is 80.7 Å². The van der Waals surface area contributed by atoms with Gasteiger partial charge in [-0.15, -0.1) is 0 Å². The summed E-state index contributed by atoms with van der Waals surface area (Å²) >= 11 is 11.9. The summed E-state index contributed by atoms with van der Waals surface area (Å²) in [6.45, 7) is 0.728. The van der Waals surface area contributed by atoms with E-state index in [1.807, 2.05) is 30.3 Å². The number of benzene rings is 2. The second kappa shape index (κ2) is 9.34. The first-order valence-corrected chi connectivity index (χ1v) is 9.29. The maximum atomic E-state index is 10.8. The number of nitrogens with zero attached hydrogens (tertiary/aromatic N) is 3. The summed E-state index contributed by atoms with van der Waals surface area (Å²) in [5.74, 6) is 0.435. The summed E-state index contributed by atoms with van der Waals surface area (Å²) in [6.07, 6.45) is 3.03. The Kier molecular flexibility index (Phi) is 6.62. The van der Waals surface area contributed by atoms with Crippen LogP contribution in [-0.2, 0) is 6.42 Å². The molecule has 0 unspecified atom stereocenters. The van der Waals surface area contributed by atoms with Crippen molar-refractivity contribution in [2.75, 3.05) is 17.2 Å². The van der Waals surface area contributed by atoms with Crippen LogP contribution >= 0.6 is 23.2 Å². The number of hydrogen-bond acceptors (Lipinski definition) is 6. The van der Waals surface area contributed by atoms with Gasteiger partial charge in [0.2, 0.25) is 5.28 Å². The number of nitro benzene ring substituents is 1. The standard InChI is InChI=1S/C19H17Cl2N5O2/c20-17-12-23-19(21)25-18(17)24-15-7-2-6-14(11-15)22-9-3-5-13-4-1-8-16(10-13)26(27)28/h1-2,4,6-8,10-12,22H,3,5,9H2,(H,23,24,25). The minimum atomic E-state index is -0.378. The molecule has 3 rings (SSSR count). The highest BCUT2D eigenvalue weighted by molar-refractivity contribution is 6.33. The Labute approximate surface area is 171 Å². The minimum absolute atomic E-state index is 0.113. The van der Waals surface area contributed by atoms with E-state index < -0.39 is 0 Å². The molecule has 2 aromatic carbocycles. The molecular weight excluding hydrogens is 401 g/mol. The van der Waals surface area contributed by atoms with Crippen LogP contribution in [0.15, 0.2) is 54.7 Å². The normalized spacial score (nSPS) is 10.5. The molecule has 0 spiro atoms. The zero-order valence-corrected chi connectivity index (χ0v) is 16.2. The molecule has 3 aromatic rings. The number of aromatic nitrogens is 2. The van der Waals surface area contributed by atoms with Gasteiger partial charge in [0.1, 0.15) is 5.02 Å². The summed E-state index contributed by atoms with van der Waals surface area (Å²) < 4.78 is 0. The molecule has 0 aliphatic rings. The topological polar surface area (TPSA) is 93.0 Å². The highest BCUT2D eigenvalue weighted by atomic mass is 35.5. The highest BCUT2D eigenvalue weighted by Crippen LogP contribution is 2.25. The maximum Gasteiger partial charge on any atom is 0.269 e. The lowest BCUT2D eigenvalue weighted by Crippen LogP contribution is -2.04. The van der Waals surface area contributed by atoms with E-state index in [1.54, 1.807) is 12.1 Å². The van der Waals surface area contributed by atoms with Gasteiger partial charge in [0.05, 0.1) is 11.1 Å². The lowest BCUT2D eigenvalue weighted by Gasteiger charge is -2.11. The molecule has 0 amide bonds. The predicted molar refractivity (Wildman–Crippen MR) is 112 cm³/mol. The van der Waals surface area contributed by atoms with Gasteiger partial charge >= 0.3 is 0 Å². The Bertz CT molecular complexity index is 984. The molecule has 1 heterocycles. The van der Waals surface area contributed by atoms with Crippen molar-refractivity contribution in [3.63, 3.8) is 0 Å². The Hall–Kier alpha value is -2.90. The zero-order chi connectivity index (χ0) is 19.9. The molecule has 0 saturated heterocycles. The van der Waals surface area contributed by atoms with Gasteiger partial charge in [0.15, 0.2) is 5.82 Å². The Morgan fingerprint density at radius 3 is 2.68 bits per heavy atom. The lowest BCUT2D eigenvalue weighted by atomic mass is 10.1. The van der Waals surface area contributed by atoms with Crippen molar-refractivity contribution in [2.45, 2.75) is 12.8 Å². The van der Waals surface area contributed by atoms with Gasteiger partial charge in [-0.3, -0.25) is 10.1 Å². The molecule has 2 N–H and O–H groups in total. The van der Waals surface area contributed by atoms with Crippen LogP contribution in [0, 0.1) is 10.1 Å². The molecule has 0 aliphatic carbocycles. The van der Waals surface area contributed by atoms with Crippen LogP contribution in [0.1, 0.15) is 12.0 Å². The Morgan fingerprint density at radius 1 is 1.07 bits per heavy atom. The highest BCUT2D eigenvalue weighted by Gasteiger charge is 2.06. The van der Waals surface area contributed by atoms with E-state index in [0.29, 0.717) is 10.8 Å². The van der Waals surface area contributed by atoms with Gasteiger partial charge in [-0.05, 0) is 48.2 Å². The number of hydrogen-bond donors (Lipinski definition) is 2. The zero-order valence-electron chi connectivity index (χ0n) is 14.7. The number of rotatable bonds is 8. The number of aryl methyl sites for hydroxylation is 1. The third-order valence-electron chi connectivity index (χ3n) is 3.93. The van der Waals surface area contributed by atoms with Crippen molar-refractivity contribution in [1.82, 2.24) is 9.97 Å². The number of halogens is 2. The second-order valence-electron chi connectivity index (χ2n) is 6.00. The van der Waals surface area contributed by atoms with Crippen molar-refractivity contribution in [1.29, 1.82) is 0 Å². The number of nitrogens with one attached hydrogen (secondary N) is 2. The van der Waals surface area contributed by atoms with Gasteiger partial charge in [0.25, 0.3) is 5.69 Å². The summed E-state index contributed by atoms with van der Waals surface area (Å²) in [4.78, 5) is 18.3. The van der Waals surface area contributed by atoms with Crippen LogP contribution in [0.25, 0.3) is 0 Å². The fourth-order valence-electron chi connectivity index (χ4n) is 2.63. The molecule has 0 saturated carbocycles. The SMILES string of the molecule is O=[N+]([O-])c1cccc(CCCNc2cccc(Nc3nc(Cl)ncc3Cl)c2)c1. The average Bonchev–Trinajstić information content (AvgIpc) is 2.69. The molecule has 0 bridgehead atoms. The number of non-ortho nitro benzene ring substituents is 1. The van der Waals surface area contributed by atoms with Gasteiger partial charge in [-0.2, -0.15) is 4.98 Å². The number of nitro groups is 1. The van der Waals surface area contributed by atoms with Gasteiger partial charge < -0.3 is 10.6 Å². The first kappa shape index (κ1) is 19.9. The molecule has 9 heteroatoms. The molecule has 28 heavy (non-hydrogen) atoms. The molecule has 144 valence electrons. The lowest BCUT2D eigenvalue weighted by molar-refractivity contribution is -0.384.